The topological polar surface area (TPSA) is 69.0 Å². The zero-order valence-electron chi connectivity index (χ0n) is 14.6. The summed E-state index contributed by atoms with van der Waals surface area (Å²) in [5.41, 5.74) is 0.860. The number of para-hydroxylation sites is 2. The highest BCUT2D eigenvalue weighted by atomic mass is 32.2. The zero-order chi connectivity index (χ0) is 17.6. The molecule has 1 aromatic carbocycles. The molecule has 1 fully saturated rings. The van der Waals surface area contributed by atoms with E-state index >= 15 is 0 Å². The molecule has 1 saturated carbocycles. The summed E-state index contributed by atoms with van der Waals surface area (Å²) in [5.74, 6) is 1.68. The fourth-order valence-corrected chi connectivity index (χ4v) is 3.96. The molecular weight excluding hydrogens is 336 g/mol. The number of nitrogens with one attached hydrogen (secondary N) is 1. The number of amides is 1. The van der Waals surface area contributed by atoms with Gasteiger partial charge in [-0.15, -0.1) is 10.2 Å². The minimum Gasteiger partial charge on any atom is -0.495 e. The highest BCUT2D eigenvalue weighted by Gasteiger charge is 2.23. The molecule has 2 atom stereocenters. The summed E-state index contributed by atoms with van der Waals surface area (Å²) in [4.78, 5) is 12.3. The molecule has 1 aliphatic carbocycles. The number of nitrogens with zero attached hydrogens (tertiary/aromatic N) is 3. The number of benzene rings is 1. The molecular formula is C18H24N4O2S. The SMILES string of the molecule is COc1ccccc1-n1cnnc1SCC(=O)N[C@@H]1CCCC[C@@H]1C. The Kier molecular flexibility index (Phi) is 5.96. The maximum absolute atomic E-state index is 12.3. The molecule has 1 N–H and O–H groups in total. The predicted molar refractivity (Wildman–Crippen MR) is 98.2 cm³/mol. The molecule has 1 aromatic heterocycles. The first kappa shape index (κ1) is 17.8. The second-order valence-electron chi connectivity index (χ2n) is 6.38. The molecule has 6 nitrogen and oxygen atoms in total. The van der Waals surface area contributed by atoms with Crippen molar-refractivity contribution in [2.75, 3.05) is 12.9 Å². The van der Waals surface area contributed by atoms with Crippen LogP contribution in [0.2, 0.25) is 0 Å². The summed E-state index contributed by atoms with van der Waals surface area (Å²) in [7, 11) is 1.63. The van der Waals surface area contributed by atoms with Crippen LogP contribution >= 0.6 is 11.8 Å². The second-order valence-corrected chi connectivity index (χ2v) is 7.32. The number of carbonyl (C=O) groups is 1. The van der Waals surface area contributed by atoms with Gasteiger partial charge in [0.15, 0.2) is 5.16 Å². The van der Waals surface area contributed by atoms with Crippen molar-refractivity contribution in [1.82, 2.24) is 20.1 Å². The average molecular weight is 360 g/mol. The molecule has 134 valence electrons. The van der Waals surface area contributed by atoms with Crippen molar-refractivity contribution in [2.45, 2.75) is 43.8 Å². The molecule has 1 heterocycles. The standard InChI is InChI=1S/C18H24N4O2S/c1-13-7-3-4-8-14(13)20-17(23)11-25-18-21-19-12-22(18)15-9-5-6-10-16(15)24-2/h5-6,9-10,12-14H,3-4,7-8,11H2,1-2H3,(H,20,23)/t13-,14+/m0/s1. The van der Waals surface area contributed by atoms with E-state index in [-0.39, 0.29) is 5.91 Å². The van der Waals surface area contributed by atoms with Crippen LogP contribution in [0.4, 0.5) is 0 Å². The molecule has 0 unspecified atom stereocenters. The van der Waals surface area contributed by atoms with Gasteiger partial charge in [0.1, 0.15) is 12.1 Å². The Balaban J connectivity index is 1.63. The van der Waals surface area contributed by atoms with E-state index in [1.165, 1.54) is 31.0 Å². The van der Waals surface area contributed by atoms with Gasteiger partial charge >= 0.3 is 0 Å². The number of hydrogen-bond donors (Lipinski definition) is 1. The van der Waals surface area contributed by atoms with Gasteiger partial charge in [0.25, 0.3) is 0 Å². The fraction of sp³-hybridized carbons (Fsp3) is 0.500. The number of methoxy groups -OCH3 is 1. The van der Waals surface area contributed by atoms with Crippen molar-refractivity contribution in [3.8, 4) is 11.4 Å². The Hall–Kier alpha value is -2.02. The quantitative estimate of drug-likeness (QED) is 0.802. The van der Waals surface area contributed by atoms with Gasteiger partial charge in [0, 0.05) is 6.04 Å². The number of rotatable bonds is 6. The smallest absolute Gasteiger partial charge is 0.230 e. The molecule has 0 bridgehead atoms. The Morgan fingerprint density at radius 3 is 2.96 bits per heavy atom. The first-order chi connectivity index (χ1) is 12.2. The molecule has 3 rings (SSSR count). The van der Waals surface area contributed by atoms with Crippen LogP contribution in [0.15, 0.2) is 35.7 Å². The van der Waals surface area contributed by atoms with Crippen molar-refractivity contribution in [3.63, 3.8) is 0 Å². The van der Waals surface area contributed by atoms with Gasteiger partial charge in [-0.05, 0) is 30.9 Å². The van der Waals surface area contributed by atoms with Crippen molar-refractivity contribution in [2.24, 2.45) is 5.92 Å². The van der Waals surface area contributed by atoms with Crippen LogP contribution in [0.1, 0.15) is 32.6 Å². The summed E-state index contributed by atoms with van der Waals surface area (Å²) in [6, 6.07) is 7.98. The van der Waals surface area contributed by atoms with Crippen molar-refractivity contribution >= 4 is 17.7 Å². The van der Waals surface area contributed by atoms with Crippen LogP contribution in [0.5, 0.6) is 5.75 Å². The van der Waals surface area contributed by atoms with Gasteiger partial charge in [-0.25, -0.2) is 0 Å². The van der Waals surface area contributed by atoms with Crippen LogP contribution in [0.25, 0.3) is 5.69 Å². The minimum absolute atomic E-state index is 0.0540. The number of ether oxygens (including phenoxy) is 1. The Labute approximate surface area is 152 Å². The highest BCUT2D eigenvalue weighted by molar-refractivity contribution is 7.99. The van der Waals surface area contributed by atoms with Gasteiger partial charge in [0.05, 0.1) is 18.6 Å². The Bertz CT molecular complexity index is 719. The first-order valence-corrected chi connectivity index (χ1v) is 9.63. The maximum Gasteiger partial charge on any atom is 0.230 e. The maximum atomic E-state index is 12.3. The van der Waals surface area contributed by atoms with E-state index < -0.39 is 0 Å². The van der Waals surface area contributed by atoms with E-state index in [0.717, 1.165) is 17.9 Å². The summed E-state index contributed by atoms with van der Waals surface area (Å²) >= 11 is 1.39. The number of thioether (sulfide) groups is 1. The van der Waals surface area contributed by atoms with E-state index in [4.69, 9.17) is 4.74 Å². The van der Waals surface area contributed by atoms with Gasteiger partial charge in [-0.1, -0.05) is 43.7 Å². The van der Waals surface area contributed by atoms with Crippen molar-refractivity contribution < 1.29 is 9.53 Å². The Morgan fingerprint density at radius 1 is 1.36 bits per heavy atom. The first-order valence-electron chi connectivity index (χ1n) is 8.64. The van der Waals surface area contributed by atoms with Crippen LogP contribution in [0.3, 0.4) is 0 Å². The third-order valence-corrected chi connectivity index (χ3v) is 5.59. The molecule has 2 aromatic rings. The zero-order valence-corrected chi connectivity index (χ0v) is 15.5. The van der Waals surface area contributed by atoms with E-state index in [1.54, 1.807) is 13.4 Å². The van der Waals surface area contributed by atoms with E-state index in [1.807, 2.05) is 28.8 Å². The third-order valence-electron chi connectivity index (χ3n) is 4.65. The lowest BCUT2D eigenvalue weighted by atomic mass is 9.86. The van der Waals surface area contributed by atoms with E-state index in [2.05, 4.69) is 22.4 Å². The van der Waals surface area contributed by atoms with E-state index in [9.17, 15) is 4.79 Å². The second kappa shape index (κ2) is 8.38. The van der Waals surface area contributed by atoms with Crippen LogP contribution in [-0.4, -0.2) is 39.6 Å². The molecule has 0 saturated heterocycles. The monoisotopic (exact) mass is 360 g/mol. The van der Waals surface area contributed by atoms with Crippen molar-refractivity contribution in [1.29, 1.82) is 0 Å². The lowest BCUT2D eigenvalue weighted by Crippen LogP contribution is -2.41. The summed E-state index contributed by atoms with van der Waals surface area (Å²) < 4.78 is 7.24. The Morgan fingerprint density at radius 2 is 2.16 bits per heavy atom. The molecule has 25 heavy (non-hydrogen) atoms. The van der Waals surface area contributed by atoms with Gasteiger partial charge in [-0.3, -0.25) is 9.36 Å². The average Bonchev–Trinajstić information content (AvgIpc) is 3.10. The number of aromatic nitrogens is 3. The van der Waals surface area contributed by atoms with Gasteiger partial charge < -0.3 is 10.1 Å². The highest BCUT2D eigenvalue weighted by Crippen LogP contribution is 2.27. The van der Waals surface area contributed by atoms with Crippen molar-refractivity contribution in [3.05, 3.63) is 30.6 Å². The number of hydrogen-bond acceptors (Lipinski definition) is 5. The molecule has 1 aliphatic rings. The largest absolute Gasteiger partial charge is 0.495 e. The third kappa shape index (κ3) is 4.34. The molecule has 0 spiro atoms. The normalized spacial score (nSPS) is 20.2. The summed E-state index contributed by atoms with van der Waals surface area (Å²) in [6.07, 6.45) is 6.38. The lowest BCUT2D eigenvalue weighted by molar-refractivity contribution is -0.119. The summed E-state index contributed by atoms with van der Waals surface area (Å²) in [5, 5.41) is 12.0. The molecule has 0 aliphatic heterocycles. The molecule has 7 heteroatoms. The van der Waals surface area contributed by atoms with Crippen LogP contribution in [-0.2, 0) is 4.79 Å². The molecule has 0 radical (unpaired) electrons. The predicted octanol–water partition coefficient (Wildman–Crippen LogP) is 3.06. The van der Waals surface area contributed by atoms with Gasteiger partial charge in [-0.2, -0.15) is 0 Å². The fourth-order valence-electron chi connectivity index (χ4n) is 3.23. The van der Waals surface area contributed by atoms with E-state index in [0.29, 0.717) is 22.9 Å². The minimum atomic E-state index is 0.0540. The van der Waals surface area contributed by atoms with Gasteiger partial charge in [0.2, 0.25) is 5.91 Å². The molecule has 1 amide bonds. The summed E-state index contributed by atoms with van der Waals surface area (Å²) in [6.45, 7) is 2.22. The van der Waals surface area contributed by atoms with Crippen LogP contribution < -0.4 is 10.1 Å². The number of carbonyl (C=O) groups excluding carboxylic acids is 1. The van der Waals surface area contributed by atoms with Crippen LogP contribution in [0, 0.1) is 5.92 Å². The lowest BCUT2D eigenvalue weighted by Gasteiger charge is -2.29.